The number of halogens is 2. The van der Waals surface area contributed by atoms with E-state index in [4.69, 9.17) is 28.9 Å². The second-order valence-electron chi connectivity index (χ2n) is 4.45. The van der Waals surface area contributed by atoms with Crippen molar-refractivity contribution in [3.63, 3.8) is 0 Å². The number of anilines is 2. The molecule has 0 aliphatic rings. The lowest BCUT2D eigenvalue weighted by atomic mass is 10.1. The van der Waals surface area contributed by atoms with Crippen LogP contribution in [0.1, 0.15) is 11.1 Å². The average Bonchev–Trinajstić information content (AvgIpc) is 2.35. The van der Waals surface area contributed by atoms with Gasteiger partial charge in [-0.15, -0.1) is 0 Å². The van der Waals surface area contributed by atoms with Crippen molar-refractivity contribution < 1.29 is 0 Å². The molecule has 0 spiro atoms. The van der Waals surface area contributed by atoms with E-state index >= 15 is 0 Å². The van der Waals surface area contributed by atoms with Gasteiger partial charge in [-0.2, -0.15) is 0 Å². The Balaban J connectivity index is 2.00. The Morgan fingerprint density at radius 2 is 1.95 bits per heavy atom. The molecule has 0 aliphatic carbocycles. The van der Waals surface area contributed by atoms with Crippen LogP contribution in [0.25, 0.3) is 0 Å². The van der Waals surface area contributed by atoms with E-state index in [1.165, 1.54) is 0 Å². The van der Waals surface area contributed by atoms with Crippen LogP contribution in [0.3, 0.4) is 0 Å². The van der Waals surface area contributed by atoms with Crippen molar-refractivity contribution in [3.05, 3.63) is 57.6 Å². The van der Waals surface area contributed by atoms with Crippen molar-refractivity contribution in [3.8, 4) is 0 Å². The molecular formula is C15H16Cl2N2. The number of para-hydroxylation sites is 1. The number of nitrogens with one attached hydrogen (secondary N) is 1. The highest BCUT2D eigenvalue weighted by Gasteiger charge is 2.04. The molecule has 0 aliphatic heterocycles. The third kappa shape index (κ3) is 3.55. The standard InChI is InChI=1S/C15H16Cl2N2/c1-10-3-2-4-14(18)15(10)19-8-7-11-5-6-12(16)9-13(11)17/h2-6,9,19H,7-8,18H2,1H3. The molecule has 0 fully saturated rings. The first-order chi connectivity index (χ1) is 9.08. The first kappa shape index (κ1) is 14.0. The number of hydrogen-bond donors (Lipinski definition) is 2. The Bertz CT molecular complexity index is 562. The van der Waals surface area contributed by atoms with E-state index in [1.54, 1.807) is 6.07 Å². The van der Waals surface area contributed by atoms with Gasteiger partial charge in [0.15, 0.2) is 0 Å². The summed E-state index contributed by atoms with van der Waals surface area (Å²) in [6.07, 6.45) is 0.823. The van der Waals surface area contributed by atoms with Gasteiger partial charge in [0.1, 0.15) is 0 Å². The molecule has 0 saturated carbocycles. The summed E-state index contributed by atoms with van der Waals surface area (Å²) in [5.74, 6) is 0. The second-order valence-corrected chi connectivity index (χ2v) is 5.30. The zero-order valence-electron chi connectivity index (χ0n) is 10.7. The zero-order chi connectivity index (χ0) is 13.8. The van der Waals surface area contributed by atoms with Crippen molar-refractivity contribution in [2.75, 3.05) is 17.6 Å². The number of nitrogen functional groups attached to an aromatic ring is 1. The van der Waals surface area contributed by atoms with Crippen LogP contribution in [0.4, 0.5) is 11.4 Å². The Hall–Kier alpha value is -1.38. The van der Waals surface area contributed by atoms with E-state index in [0.29, 0.717) is 10.0 Å². The lowest BCUT2D eigenvalue weighted by Crippen LogP contribution is -2.08. The van der Waals surface area contributed by atoms with Gasteiger partial charge in [0.05, 0.1) is 11.4 Å². The largest absolute Gasteiger partial charge is 0.397 e. The fraction of sp³-hybridized carbons (Fsp3) is 0.200. The third-order valence-electron chi connectivity index (χ3n) is 3.02. The predicted octanol–water partition coefficient (Wildman–Crippen LogP) is 4.54. The number of benzene rings is 2. The highest BCUT2D eigenvalue weighted by molar-refractivity contribution is 6.35. The van der Waals surface area contributed by atoms with Gasteiger partial charge in [-0.1, -0.05) is 41.4 Å². The Morgan fingerprint density at radius 3 is 2.63 bits per heavy atom. The van der Waals surface area contributed by atoms with Crippen molar-refractivity contribution >= 4 is 34.6 Å². The molecule has 4 heteroatoms. The van der Waals surface area contributed by atoms with Crippen LogP contribution in [-0.2, 0) is 6.42 Å². The molecule has 2 aromatic carbocycles. The highest BCUT2D eigenvalue weighted by Crippen LogP contribution is 2.24. The van der Waals surface area contributed by atoms with Crippen LogP contribution >= 0.6 is 23.2 Å². The van der Waals surface area contributed by atoms with Crippen LogP contribution in [0.2, 0.25) is 10.0 Å². The molecule has 0 heterocycles. The predicted molar refractivity (Wildman–Crippen MR) is 84.2 cm³/mol. The summed E-state index contributed by atoms with van der Waals surface area (Å²) in [5, 5.41) is 4.71. The maximum absolute atomic E-state index is 6.14. The first-order valence-corrected chi connectivity index (χ1v) is 6.86. The molecule has 0 saturated heterocycles. The van der Waals surface area contributed by atoms with Gasteiger partial charge in [-0.3, -0.25) is 0 Å². The fourth-order valence-electron chi connectivity index (χ4n) is 1.98. The molecule has 19 heavy (non-hydrogen) atoms. The molecule has 2 aromatic rings. The number of aryl methyl sites for hydroxylation is 1. The Kier molecular flexibility index (Phi) is 4.56. The van der Waals surface area contributed by atoms with E-state index in [2.05, 4.69) is 5.32 Å². The quantitative estimate of drug-likeness (QED) is 0.813. The molecule has 100 valence electrons. The normalized spacial score (nSPS) is 10.5. The third-order valence-corrected chi connectivity index (χ3v) is 3.60. The smallest absolute Gasteiger partial charge is 0.0603 e. The average molecular weight is 295 g/mol. The molecule has 2 nitrogen and oxygen atoms in total. The summed E-state index contributed by atoms with van der Waals surface area (Å²) in [5.41, 5.74) is 9.92. The summed E-state index contributed by atoms with van der Waals surface area (Å²) in [6.45, 7) is 2.81. The van der Waals surface area contributed by atoms with E-state index in [0.717, 1.165) is 35.5 Å². The molecule has 0 aromatic heterocycles. The van der Waals surface area contributed by atoms with Gasteiger partial charge >= 0.3 is 0 Å². The monoisotopic (exact) mass is 294 g/mol. The van der Waals surface area contributed by atoms with Gasteiger partial charge in [0, 0.05) is 16.6 Å². The summed E-state index contributed by atoms with van der Waals surface area (Å²) in [6, 6.07) is 11.4. The molecule has 0 radical (unpaired) electrons. The number of hydrogen-bond acceptors (Lipinski definition) is 2. The van der Waals surface area contributed by atoms with E-state index in [9.17, 15) is 0 Å². The lowest BCUT2D eigenvalue weighted by molar-refractivity contribution is 1.02. The number of rotatable bonds is 4. The molecule has 0 atom stereocenters. The van der Waals surface area contributed by atoms with Gasteiger partial charge in [-0.25, -0.2) is 0 Å². The first-order valence-electron chi connectivity index (χ1n) is 6.11. The summed E-state index contributed by atoms with van der Waals surface area (Å²) in [4.78, 5) is 0. The fourth-order valence-corrected chi connectivity index (χ4v) is 2.48. The molecule has 0 amide bonds. The summed E-state index contributed by atoms with van der Waals surface area (Å²) < 4.78 is 0. The maximum Gasteiger partial charge on any atom is 0.0603 e. The zero-order valence-corrected chi connectivity index (χ0v) is 12.2. The molecule has 0 unspecified atom stereocenters. The SMILES string of the molecule is Cc1cccc(N)c1NCCc1ccc(Cl)cc1Cl. The van der Waals surface area contributed by atoms with E-state index < -0.39 is 0 Å². The Labute approximate surface area is 123 Å². The van der Waals surface area contributed by atoms with Crippen LogP contribution in [0.15, 0.2) is 36.4 Å². The molecule has 0 bridgehead atoms. The minimum atomic E-state index is 0.657. The Morgan fingerprint density at radius 1 is 1.16 bits per heavy atom. The van der Waals surface area contributed by atoms with Crippen molar-refractivity contribution in [1.82, 2.24) is 0 Å². The van der Waals surface area contributed by atoms with Crippen LogP contribution in [0.5, 0.6) is 0 Å². The second kappa shape index (κ2) is 6.18. The van der Waals surface area contributed by atoms with Gasteiger partial charge < -0.3 is 11.1 Å². The van der Waals surface area contributed by atoms with Gasteiger partial charge in [-0.05, 0) is 42.7 Å². The highest BCUT2D eigenvalue weighted by atomic mass is 35.5. The van der Waals surface area contributed by atoms with Gasteiger partial charge in [0.2, 0.25) is 0 Å². The lowest BCUT2D eigenvalue weighted by Gasteiger charge is -2.12. The van der Waals surface area contributed by atoms with Crippen LogP contribution < -0.4 is 11.1 Å². The van der Waals surface area contributed by atoms with Crippen LogP contribution in [0, 0.1) is 6.92 Å². The van der Waals surface area contributed by atoms with Crippen molar-refractivity contribution in [2.24, 2.45) is 0 Å². The van der Waals surface area contributed by atoms with E-state index in [1.807, 2.05) is 37.3 Å². The van der Waals surface area contributed by atoms with E-state index in [-0.39, 0.29) is 0 Å². The topological polar surface area (TPSA) is 38.0 Å². The van der Waals surface area contributed by atoms with Crippen LogP contribution in [-0.4, -0.2) is 6.54 Å². The minimum Gasteiger partial charge on any atom is -0.397 e. The summed E-state index contributed by atoms with van der Waals surface area (Å²) >= 11 is 12.0. The van der Waals surface area contributed by atoms with Crippen molar-refractivity contribution in [2.45, 2.75) is 13.3 Å². The van der Waals surface area contributed by atoms with Crippen molar-refractivity contribution in [1.29, 1.82) is 0 Å². The minimum absolute atomic E-state index is 0.657. The molecule has 2 rings (SSSR count). The number of nitrogens with two attached hydrogens (primary N) is 1. The summed E-state index contributed by atoms with van der Waals surface area (Å²) in [7, 11) is 0. The molecule has 3 N–H and O–H groups in total. The maximum atomic E-state index is 6.14. The molecular weight excluding hydrogens is 279 g/mol. The van der Waals surface area contributed by atoms with Gasteiger partial charge in [0.25, 0.3) is 0 Å².